The highest BCUT2D eigenvalue weighted by atomic mass is 19.4. The molecule has 1 saturated carbocycles. The number of rotatable bonds is 10. The van der Waals surface area contributed by atoms with Gasteiger partial charge in [-0.05, 0) is 98.4 Å². The third kappa shape index (κ3) is 8.10. The first-order valence-electron chi connectivity index (χ1n) is 11.8. The van der Waals surface area contributed by atoms with Gasteiger partial charge in [-0.25, -0.2) is 8.78 Å². The Kier molecular flexibility index (Phi) is 9.48. The lowest BCUT2D eigenvalue weighted by Gasteiger charge is -2.26. The van der Waals surface area contributed by atoms with Gasteiger partial charge in [-0.2, -0.15) is 0 Å². The zero-order chi connectivity index (χ0) is 24.6. The number of benzene rings is 2. The molecule has 0 N–H and O–H groups in total. The Bertz CT molecular complexity index is 904. The van der Waals surface area contributed by atoms with E-state index in [0.717, 1.165) is 43.4 Å². The van der Waals surface area contributed by atoms with Crippen molar-refractivity contribution in [2.75, 3.05) is 6.67 Å². The third-order valence-corrected chi connectivity index (χ3v) is 6.40. The quantitative estimate of drug-likeness (QED) is 0.186. The molecule has 186 valence electrons. The largest absolute Gasteiger partial charge is 0.573 e. The van der Waals surface area contributed by atoms with E-state index in [2.05, 4.69) is 16.9 Å². The van der Waals surface area contributed by atoms with Crippen LogP contribution in [0.2, 0.25) is 0 Å². The summed E-state index contributed by atoms with van der Waals surface area (Å²) in [7, 11) is 0. The van der Waals surface area contributed by atoms with Crippen LogP contribution < -0.4 is 4.74 Å². The van der Waals surface area contributed by atoms with E-state index in [-0.39, 0.29) is 12.2 Å². The van der Waals surface area contributed by atoms with Gasteiger partial charge >= 0.3 is 6.36 Å². The smallest absolute Gasteiger partial charge is 0.399 e. The van der Waals surface area contributed by atoms with Gasteiger partial charge in [-0.3, -0.25) is 4.39 Å². The lowest BCUT2D eigenvalue weighted by molar-refractivity contribution is -0.276. The molecule has 2 aromatic rings. The second-order valence-corrected chi connectivity index (χ2v) is 8.95. The molecule has 0 aromatic heterocycles. The van der Waals surface area contributed by atoms with Gasteiger partial charge in [-0.15, -0.1) is 13.2 Å². The van der Waals surface area contributed by atoms with Gasteiger partial charge in [0.15, 0.2) is 11.6 Å². The lowest BCUT2D eigenvalue weighted by Crippen LogP contribution is -2.19. The molecule has 1 fully saturated rings. The van der Waals surface area contributed by atoms with Crippen molar-refractivity contribution in [1.29, 1.82) is 0 Å². The average Bonchev–Trinajstić information content (AvgIpc) is 2.80. The fraction of sp³-hybridized carbons (Fsp3) is 0.481. The van der Waals surface area contributed by atoms with E-state index < -0.39 is 23.7 Å². The molecule has 1 aliphatic carbocycles. The highest BCUT2D eigenvalue weighted by Gasteiger charge is 2.34. The van der Waals surface area contributed by atoms with Crippen LogP contribution in [-0.2, 0) is 6.42 Å². The predicted molar refractivity (Wildman–Crippen MR) is 121 cm³/mol. The van der Waals surface area contributed by atoms with Gasteiger partial charge in [0.25, 0.3) is 0 Å². The molecular weight excluding hydrogens is 454 g/mol. The Morgan fingerprint density at radius 1 is 0.882 bits per heavy atom. The molecule has 7 heteroatoms. The van der Waals surface area contributed by atoms with Gasteiger partial charge in [0.05, 0.1) is 6.67 Å². The molecule has 3 rings (SSSR count). The number of halogens is 6. The number of hydrogen-bond donors (Lipinski definition) is 0. The van der Waals surface area contributed by atoms with Crippen LogP contribution in [0.1, 0.15) is 56.9 Å². The summed E-state index contributed by atoms with van der Waals surface area (Å²) in [6.07, 6.45) is 8.49. The van der Waals surface area contributed by atoms with E-state index in [0.29, 0.717) is 23.8 Å². The summed E-state index contributed by atoms with van der Waals surface area (Å²) in [5.74, 6) is -2.96. The van der Waals surface area contributed by atoms with Crippen molar-refractivity contribution in [2.45, 2.75) is 64.1 Å². The monoisotopic (exact) mass is 484 g/mol. The highest BCUT2D eigenvalue weighted by Crippen LogP contribution is 2.34. The molecule has 34 heavy (non-hydrogen) atoms. The van der Waals surface area contributed by atoms with Crippen molar-refractivity contribution in [3.8, 4) is 16.9 Å². The number of ether oxygens (including phenoxy) is 1. The van der Waals surface area contributed by atoms with Gasteiger partial charge in [0.1, 0.15) is 0 Å². The molecule has 0 unspecified atom stereocenters. The molecule has 0 bridgehead atoms. The van der Waals surface area contributed by atoms with E-state index >= 15 is 0 Å². The van der Waals surface area contributed by atoms with Crippen LogP contribution in [0.4, 0.5) is 26.3 Å². The van der Waals surface area contributed by atoms with Crippen molar-refractivity contribution in [1.82, 2.24) is 0 Å². The summed E-state index contributed by atoms with van der Waals surface area (Å²) >= 11 is 0. The molecule has 1 aliphatic rings. The number of hydrogen-bond acceptors (Lipinski definition) is 1. The Morgan fingerprint density at radius 3 is 2.12 bits per heavy atom. The molecular formula is C27H30F6O. The summed E-state index contributed by atoms with van der Waals surface area (Å²) in [6.45, 7) is -0.243. The predicted octanol–water partition coefficient (Wildman–Crippen LogP) is 8.97. The molecule has 0 heterocycles. The number of unbranched alkanes of at least 4 members (excludes halogenated alkanes) is 2. The van der Waals surface area contributed by atoms with E-state index in [4.69, 9.17) is 0 Å². The van der Waals surface area contributed by atoms with Crippen molar-refractivity contribution < 1.29 is 31.1 Å². The summed E-state index contributed by atoms with van der Waals surface area (Å²) in [4.78, 5) is 0. The number of alkyl halides is 4. The van der Waals surface area contributed by atoms with Crippen LogP contribution in [0.3, 0.4) is 0 Å². The number of allylic oxidation sites excluding steroid dienone is 2. The van der Waals surface area contributed by atoms with E-state index in [1.807, 2.05) is 12.1 Å². The summed E-state index contributed by atoms with van der Waals surface area (Å²) in [5, 5.41) is 0. The molecule has 2 aromatic carbocycles. The minimum atomic E-state index is -5.17. The first-order chi connectivity index (χ1) is 16.2. The van der Waals surface area contributed by atoms with Gasteiger partial charge < -0.3 is 4.74 Å². The SMILES string of the molecule is FCCCCC=CC1CCC(CCc2ccc(-c3cc(F)c(OC(F)(F)F)c(F)c3)cc2)CC1. The maximum Gasteiger partial charge on any atom is 0.573 e. The van der Waals surface area contributed by atoms with Crippen LogP contribution in [0.15, 0.2) is 48.6 Å². The Morgan fingerprint density at radius 2 is 1.53 bits per heavy atom. The van der Waals surface area contributed by atoms with Crippen LogP contribution >= 0.6 is 0 Å². The highest BCUT2D eigenvalue weighted by molar-refractivity contribution is 5.65. The molecule has 0 atom stereocenters. The minimum Gasteiger partial charge on any atom is -0.399 e. The van der Waals surface area contributed by atoms with Crippen molar-refractivity contribution in [3.05, 3.63) is 65.7 Å². The fourth-order valence-electron chi connectivity index (χ4n) is 4.49. The summed E-state index contributed by atoms with van der Waals surface area (Å²) < 4.78 is 80.5. The molecule has 0 amide bonds. The first kappa shape index (κ1) is 26.2. The average molecular weight is 485 g/mol. The Balaban J connectivity index is 1.49. The zero-order valence-electron chi connectivity index (χ0n) is 19.0. The Labute approximate surface area is 196 Å². The van der Waals surface area contributed by atoms with E-state index in [9.17, 15) is 26.3 Å². The van der Waals surface area contributed by atoms with Crippen molar-refractivity contribution in [3.63, 3.8) is 0 Å². The van der Waals surface area contributed by atoms with E-state index in [1.165, 1.54) is 25.7 Å². The van der Waals surface area contributed by atoms with Crippen LogP contribution in [0.25, 0.3) is 11.1 Å². The lowest BCUT2D eigenvalue weighted by atomic mass is 9.79. The molecule has 0 spiro atoms. The maximum atomic E-state index is 14.0. The van der Waals surface area contributed by atoms with Crippen LogP contribution in [0, 0.1) is 23.5 Å². The zero-order valence-corrected chi connectivity index (χ0v) is 19.0. The first-order valence-corrected chi connectivity index (χ1v) is 11.8. The van der Waals surface area contributed by atoms with Crippen molar-refractivity contribution >= 4 is 0 Å². The van der Waals surface area contributed by atoms with Crippen LogP contribution in [-0.4, -0.2) is 13.0 Å². The molecule has 1 nitrogen and oxygen atoms in total. The van der Waals surface area contributed by atoms with Gasteiger partial charge in [-0.1, -0.05) is 36.4 Å². The molecule has 0 aliphatic heterocycles. The van der Waals surface area contributed by atoms with Gasteiger partial charge in [0.2, 0.25) is 5.75 Å². The third-order valence-electron chi connectivity index (χ3n) is 6.40. The Hall–Kier alpha value is -2.44. The van der Waals surface area contributed by atoms with Crippen LogP contribution in [0.5, 0.6) is 5.75 Å². The standard InChI is InChI=1S/C27H30F6O/c28-16-4-2-1-3-5-19-6-8-20(9-7-19)10-11-21-12-14-22(15-13-21)23-17-24(29)26(25(30)18-23)34-27(31,32)33/h3,5,12-15,17-20H,1-2,4,6-11,16H2. The van der Waals surface area contributed by atoms with Gasteiger partial charge in [0, 0.05) is 0 Å². The normalized spacial score (nSPS) is 19.0. The number of aryl methyl sites for hydroxylation is 1. The minimum absolute atomic E-state index is 0.146. The summed E-state index contributed by atoms with van der Waals surface area (Å²) in [6, 6.07) is 8.89. The molecule has 0 radical (unpaired) electrons. The van der Waals surface area contributed by atoms with E-state index in [1.54, 1.807) is 12.1 Å². The summed E-state index contributed by atoms with van der Waals surface area (Å²) in [5.41, 5.74) is 1.77. The fourth-order valence-corrected chi connectivity index (χ4v) is 4.49. The molecule has 0 saturated heterocycles. The topological polar surface area (TPSA) is 9.23 Å². The second kappa shape index (κ2) is 12.3. The van der Waals surface area contributed by atoms with Crippen molar-refractivity contribution in [2.24, 2.45) is 11.8 Å². The maximum absolute atomic E-state index is 14.0. The second-order valence-electron chi connectivity index (χ2n) is 8.95.